The van der Waals surface area contributed by atoms with Gasteiger partial charge in [0, 0.05) is 6.42 Å². The van der Waals surface area contributed by atoms with Gasteiger partial charge < -0.3 is 20.3 Å². The van der Waals surface area contributed by atoms with Crippen LogP contribution in [0.4, 0.5) is 0 Å². The summed E-state index contributed by atoms with van der Waals surface area (Å²) in [4.78, 5) is 26.0. The molecule has 0 aliphatic heterocycles. The van der Waals surface area contributed by atoms with E-state index in [0.717, 1.165) is 51.4 Å². The Hall–Kier alpha value is -1.40. The van der Waals surface area contributed by atoms with Gasteiger partial charge in [0.25, 0.3) is 0 Å². The van der Waals surface area contributed by atoms with Gasteiger partial charge in [-0.25, -0.2) is 0 Å². The van der Waals surface area contributed by atoms with E-state index >= 15 is 0 Å². The number of rotatable bonds is 44. The van der Waals surface area contributed by atoms with Crippen LogP contribution in [0.15, 0.2) is 12.2 Å². The lowest BCUT2D eigenvalue weighted by Gasteiger charge is -2.24. The first kappa shape index (κ1) is 53.6. The Labute approximate surface area is 342 Å². The van der Waals surface area contributed by atoms with Gasteiger partial charge in [0.05, 0.1) is 25.2 Å². The van der Waals surface area contributed by atoms with Crippen LogP contribution < -0.4 is 5.32 Å². The van der Waals surface area contributed by atoms with Crippen LogP contribution in [0.1, 0.15) is 265 Å². The molecular formula is C49H95NO5. The van der Waals surface area contributed by atoms with Crippen LogP contribution in [0.3, 0.4) is 0 Å². The maximum absolute atomic E-state index is 13.1. The number of esters is 1. The SMILES string of the molecule is CCCCCCCCC/C=C\CCCCCC(=O)OC(CCCCCCCCCC)CC(=O)NC(CO)C(O)CCCCCCCCCCCCCCCC. The predicted molar refractivity (Wildman–Crippen MR) is 237 cm³/mol. The van der Waals surface area contributed by atoms with Crippen molar-refractivity contribution in [2.75, 3.05) is 6.61 Å². The zero-order chi connectivity index (χ0) is 40.3. The summed E-state index contributed by atoms with van der Waals surface area (Å²) in [5.74, 6) is -0.483. The molecule has 3 unspecified atom stereocenters. The predicted octanol–water partition coefficient (Wildman–Crippen LogP) is 14.2. The maximum atomic E-state index is 13.1. The van der Waals surface area contributed by atoms with Crippen molar-refractivity contribution in [3.05, 3.63) is 12.2 Å². The Bertz CT molecular complexity index is 832. The fourth-order valence-corrected chi connectivity index (χ4v) is 7.60. The van der Waals surface area contributed by atoms with Gasteiger partial charge >= 0.3 is 5.97 Å². The summed E-state index contributed by atoms with van der Waals surface area (Å²) >= 11 is 0. The lowest BCUT2D eigenvalue weighted by molar-refractivity contribution is -0.151. The normalized spacial score (nSPS) is 13.3. The number of aliphatic hydroxyl groups excluding tert-OH is 2. The number of carbonyl (C=O) groups is 2. The molecule has 0 rings (SSSR count). The molecule has 1 amide bonds. The van der Waals surface area contributed by atoms with Crippen molar-refractivity contribution in [3.8, 4) is 0 Å². The van der Waals surface area contributed by atoms with Crippen molar-refractivity contribution in [2.45, 2.75) is 283 Å². The molecule has 0 saturated heterocycles. The van der Waals surface area contributed by atoms with Crippen LogP contribution in [0.2, 0.25) is 0 Å². The average molecular weight is 778 g/mol. The quantitative estimate of drug-likeness (QED) is 0.0325. The summed E-state index contributed by atoms with van der Waals surface area (Å²) in [6, 6.07) is -0.696. The number of ether oxygens (including phenoxy) is 1. The molecular weight excluding hydrogens is 683 g/mol. The summed E-state index contributed by atoms with van der Waals surface area (Å²) < 4.78 is 5.89. The molecule has 0 saturated carbocycles. The number of amides is 1. The van der Waals surface area contributed by atoms with E-state index in [1.807, 2.05) is 0 Å². The second kappa shape index (κ2) is 43.7. The number of carbonyl (C=O) groups excluding carboxylic acids is 2. The first-order valence-corrected chi connectivity index (χ1v) is 24.4. The standard InChI is InChI=1S/C49H95NO5/c1-4-7-10-13-16-19-21-23-25-27-29-32-35-38-41-47(52)46(44-51)50-48(53)43-45(40-37-34-31-18-15-12-9-6-3)55-49(54)42-39-36-33-30-28-26-24-22-20-17-14-11-8-5-2/h26,28,45-47,51-52H,4-25,27,29-44H2,1-3H3,(H,50,53)/b28-26-. The van der Waals surface area contributed by atoms with Crippen molar-refractivity contribution in [2.24, 2.45) is 0 Å². The number of nitrogens with one attached hydrogen (secondary N) is 1. The van der Waals surface area contributed by atoms with E-state index in [4.69, 9.17) is 4.74 Å². The highest BCUT2D eigenvalue weighted by molar-refractivity contribution is 5.77. The number of allylic oxidation sites excluding steroid dienone is 2. The molecule has 0 aliphatic rings. The third kappa shape index (κ3) is 39.2. The minimum Gasteiger partial charge on any atom is -0.462 e. The smallest absolute Gasteiger partial charge is 0.306 e. The summed E-state index contributed by atoms with van der Waals surface area (Å²) in [6.45, 7) is 6.46. The Morgan fingerprint density at radius 3 is 1.29 bits per heavy atom. The van der Waals surface area contributed by atoms with Crippen molar-refractivity contribution in [1.82, 2.24) is 5.32 Å². The third-order valence-corrected chi connectivity index (χ3v) is 11.3. The molecule has 55 heavy (non-hydrogen) atoms. The van der Waals surface area contributed by atoms with Crippen LogP contribution in [0.25, 0.3) is 0 Å². The molecule has 0 fully saturated rings. The van der Waals surface area contributed by atoms with Gasteiger partial charge in [-0.15, -0.1) is 0 Å². The molecule has 326 valence electrons. The summed E-state index contributed by atoms with van der Waals surface area (Å²) in [6.07, 6.45) is 47.0. The topological polar surface area (TPSA) is 95.9 Å². The van der Waals surface area contributed by atoms with E-state index < -0.39 is 18.2 Å². The average Bonchev–Trinajstić information content (AvgIpc) is 3.18. The van der Waals surface area contributed by atoms with Crippen molar-refractivity contribution >= 4 is 11.9 Å². The van der Waals surface area contributed by atoms with E-state index in [0.29, 0.717) is 19.3 Å². The second-order valence-electron chi connectivity index (χ2n) is 16.9. The van der Waals surface area contributed by atoms with E-state index in [-0.39, 0.29) is 24.9 Å². The minimum absolute atomic E-state index is 0.0772. The number of unbranched alkanes of at least 4 members (excludes halogenated alkanes) is 30. The lowest BCUT2D eigenvalue weighted by Crippen LogP contribution is -2.46. The zero-order valence-corrected chi connectivity index (χ0v) is 37.1. The summed E-state index contributed by atoms with van der Waals surface area (Å²) in [7, 11) is 0. The molecule has 3 N–H and O–H groups in total. The molecule has 0 aromatic carbocycles. The lowest BCUT2D eigenvalue weighted by atomic mass is 10.0. The minimum atomic E-state index is -0.782. The Balaban J connectivity index is 4.44. The largest absolute Gasteiger partial charge is 0.462 e. The highest BCUT2D eigenvalue weighted by atomic mass is 16.5. The molecule has 0 aromatic heterocycles. The van der Waals surface area contributed by atoms with Gasteiger partial charge in [-0.3, -0.25) is 9.59 Å². The van der Waals surface area contributed by atoms with Crippen LogP contribution in [0.5, 0.6) is 0 Å². The van der Waals surface area contributed by atoms with Crippen LogP contribution in [-0.2, 0) is 14.3 Å². The third-order valence-electron chi connectivity index (χ3n) is 11.3. The van der Waals surface area contributed by atoms with Crippen molar-refractivity contribution in [1.29, 1.82) is 0 Å². The van der Waals surface area contributed by atoms with Gasteiger partial charge in [-0.1, -0.05) is 213 Å². The second-order valence-corrected chi connectivity index (χ2v) is 16.9. The molecule has 0 aromatic rings. The molecule has 6 heteroatoms. The van der Waals surface area contributed by atoms with Crippen LogP contribution >= 0.6 is 0 Å². The van der Waals surface area contributed by atoms with Gasteiger partial charge in [0.15, 0.2) is 0 Å². The first-order valence-electron chi connectivity index (χ1n) is 24.4. The molecule has 0 aliphatic carbocycles. The molecule has 3 atom stereocenters. The van der Waals surface area contributed by atoms with Gasteiger partial charge in [0.2, 0.25) is 5.91 Å². The molecule has 0 spiro atoms. The zero-order valence-electron chi connectivity index (χ0n) is 37.1. The molecule has 6 nitrogen and oxygen atoms in total. The summed E-state index contributed by atoms with van der Waals surface area (Å²) in [5.41, 5.74) is 0. The van der Waals surface area contributed by atoms with E-state index in [9.17, 15) is 19.8 Å². The van der Waals surface area contributed by atoms with E-state index in [1.165, 1.54) is 167 Å². The fraction of sp³-hybridized carbons (Fsp3) is 0.918. The highest BCUT2D eigenvalue weighted by Crippen LogP contribution is 2.18. The number of hydrogen-bond donors (Lipinski definition) is 3. The molecule has 0 radical (unpaired) electrons. The van der Waals surface area contributed by atoms with Crippen LogP contribution in [-0.4, -0.2) is 46.9 Å². The van der Waals surface area contributed by atoms with E-state index in [1.54, 1.807) is 0 Å². The van der Waals surface area contributed by atoms with Crippen molar-refractivity contribution in [3.63, 3.8) is 0 Å². The monoisotopic (exact) mass is 778 g/mol. The molecule has 0 bridgehead atoms. The van der Waals surface area contributed by atoms with E-state index in [2.05, 4.69) is 38.2 Å². The fourth-order valence-electron chi connectivity index (χ4n) is 7.60. The summed E-state index contributed by atoms with van der Waals surface area (Å²) in [5, 5.41) is 23.7. The molecule has 0 heterocycles. The Morgan fingerprint density at radius 1 is 0.509 bits per heavy atom. The van der Waals surface area contributed by atoms with Crippen LogP contribution in [0, 0.1) is 0 Å². The Morgan fingerprint density at radius 2 is 0.873 bits per heavy atom. The van der Waals surface area contributed by atoms with Gasteiger partial charge in [-0.2, -0.15) is 0 Å². The Kier molecular flexibility index (Phi) is 42.6. The first-order chi connectivity index (χ1) is 27.0. The number of hydrogen-bond acceptors (Lipinski definition) is 5. The number of aliphatic hydroxyl groups is 2. The maximum Gasteiger partial charge on any atom is 0.306 e. The van der Waals surface area contributed by atoms with Gasteiger partial charge in [-0.05, 0) is 51.4 Å². The van der Waals surface area contributed by atoms with Crippen molar-refractivity contribution < 1.29 is 24.5 Å². The highest BCUT2D eigenvalue weighted by Gasteiger charge is 2.24. The van der Waals surface area contributed by atoms with Gasteiger partial charge in [0.1, 0.15) is 6.10 Å².